The molecule has 25 heavy (non-hydrogen) atoms. The van der Waals surface area contributed by atoms with Crippen LogP contribution in [0.4, 0.5) is 11.5 Å². The number of imidazole rings is 1. The van der Waals surface area contributed by atoms with E-state index < -0.39 is 0 Å². The Balaban J connectivity index is 1.92. The predicted molar refractivity (Wildman–Crippen MR) is 102 cm³/mol. The first kappa shape index (κ1) is 15.4. The first-order valence-electron chi connectivity index (χ1n) is 8.36. The Bertz CT molecular complexity index is 1030. The molecule has 4 aromatic rings. The van der Waals surface area contributed by atoms with Crippen LogP contribution in [0.5, 0.6) is 0 Å². The minimum atomic E-state index is 0.826. The lowest BCUT2D eigenvalue weighted by atomic mass is 10.1. The Hall–Kier alpha value is -3.14. The average Bonchev–Trinajstić information content (AvgIpc) is 2.97. The van der Waals surface area contributed by atoms with E-state index in [1.165, 1.54) is 16.7 Å². The van der Waals surface area contributed by atoms with Gasteiger partial charge in [-0.25, -0.2) is 4.98 Å². The fourth-order valence-electron chi connectivity index (χ4n) is 3.07. The van der Waals surface area contributed by atoms with Crippen LogP contribution in [0.15, 0.2) is 61.1 Å². The van der Waals surface area contributed by atoms with Crippen molar-refractivity contribution in [3.63, 3.8) is 0 Å². The van der Waals surface area contributed by atoms with Gasteiger partial charge in [0.15, 0.2) is 5.65 Å². The molecule has 0 aliphatic rings. The van der Waals surface area contributed by atoms with Gasteiger partial charge in [-0.15, -0.1) is 0 Å². The molecule has 1 N–H and O–H groups in total. The van der Waals surface area contributed by atoms with E-state index in [1.54, 1.807) is 12.4 Å². The van der Waals surface area contributed by atoms with E-state index >= 15 is 0 Å². The lowest BCUT2D eigenvalue weighted by molar-refractivity contribution is 1.12. The minimum Gasteiger partial charge on any atom is -0.339 e. The Morgan fingerprint density at radius 3 is 2.36 bits per heavy atom. The molecule has 2 aromatic heterocycles. The van der Waals surface area contributed by atoms with Crippen LogP contribution in [-0.4, -0.2) is 14.4 Å². The smallest absolute Gasteiger partial charge is 0.157 e. The molecule has 0 amide bonds. The lowest BCUT2D eigenvalue weighted by Gasteiger charge is -2.14. The molecule has 0 atom stereocenters. The maximum Gasteiger partial charge on any atom is 0.157 e. The van der Waals surface area contributed by atoms with E-state index in [4.69, 9.17) is 4.98 Å². The molecule has 0 saturated carbocycles. The van der Waals surface area contributed by atoms with Gasteiger partial charge in [-0.05, 0) is 31.9 Å². The summed E-state index contributed by atoms with van der Waals surface area (Å²) in [5, 5.41) is 3.62. The fourth-order valence-corrected chi connectivity index (χ4v) is 3.07. The van der Waals surface area contributed by atoms with Gasteiger partial charge in [0.05, 0.1) is 6.20 Å². The third-order valence-electron chi connectivity index (χ3n) is 4.48. The van der Waals surface area contributed by atoms with E-state index in [9.17, 15) is 0 Å². The number of nitrogens with one attached hydrogen (secondary N) is 1. The van der Waals surface area contributed by atoms with Crippen molar-refractivity contribution in [2.75, 3.05) is 5.32 Å². The van der Waals surface area contributed by atoms with Crippen LogP contribution in [0.3, 0.4) is 0 Å². The highest BCUT2D eigenvalue weighted by Gasteiger charge is 2.15. The highest BCUT2D eigenvalue weighted by molar-refractivity contribution is 5.80. The molecule has 0 aliphatic carbocycles. The normalized spacial score (nSPS) is 11.0. The summed E-state index contributed by atoms with van der Waals surface area (Å²) in [5.74, 6) is 0.957. The number of hydrogen-bond acceptors (Lipinski definition) is 3. The fraction of sp³-hybridized carbons (Fsp3) is 0.143. The van der Waals surface area contributed by atoms with Crippen molar-refractivity contribution >= 4 is 17.2 Å². The molecule has 0 bridgehead atoms. The van der Waals surface area contributed by atoms with Crippen molar-refractivity contribution in [2.45, 2.75) is 20.8 Å². The van der Waals surface area contributed by atoms with Crippen LogP contribution in [0.1, 0.15) is 16.7 Å². The van der Waals surface area contributed by atoms with Crippen molar-refractivity contribution < 1.29 is 0 Å². The predicted octanol–water partition coefficient (Wildman–Crippen LogP) is 5.07. The summed E-state index contributed by atoms with van der Waals surface area (Å²) in [6, 6.07) is 14.8. The van der Waals surface area contributed by atoms with Crippen LogP contribution in [-0.2, 0) is 0 Å². The second-order valence-corrected chi connectivity index (χ2v) is 6.37. The molecule has 2 heterocycles. The van der Waals surface area contributed by atoms with Crippen molar-refractivity contribution in [1.82, 2.24) is 14.4 Å². The van der Waals surface area contributed by atoms with Gasteiger partial charge in [-0.2, -0.15) is 0 Å². The van der Waals surface area contributed by atoms with E-state index in [0.717, 1.165) is 28.4 Å². The van der Waals surface area contributed by atoms with Gasteiger partial charge in [-0.1, -0.05) is 48.0 Å². The maximum absolute atomic E-state index is 4.81. The summed E-state index contributed by atoms with van der Waals surface area (Å²) >= 11 is 0. The number of hydrogen-bond donors (Lipinski definition) is 1. The Morgan fingerprint density at radius 1 is 0.920 bits per heavy atom. The zero-order valence-electron chi connectivity index (χ0n) is 14.6. The van der Waals surface area contributed by atoms with Gasteiger partial charge in [-0.3, -0.25) is 9.38 Å². The molecule has 2 aromatic carbocycles. The van der Waals surface area contributed by atoms with Crippen molar-refractivity contribution in [3.05, 3.63) is 77.7 Å². The van der Waals surface area contributed by atoms with Gasteiger partial charge in [0.1, 0.15) is 11.5 Å². The number of benzene rings is 2. The molecular formula is C21H20N4. The molecule has 4 rings (SSSR count). The number of nitrogens with zero attached hydrogens (tertiary/aromatic N) is 3. The van der Waals surface area contributed by atoms with Gasteiger partial charge in [0, 0.05) is 23.6 Å². The number of aromatic nitrogens is 3. The standard InChI is InChI=1S/C21H20N4/c1-14-7-9-17(10-8-14)20-21(25-12-11-22-13-18(25)23-20)24-19-15(2)5-4-6-16(19)3/h4-13,24H,1-3H3. The summed E-state index contributed by atoms with van der Waals surface area (Å²) in [6.45, 7) is 6.32. The zero-order chi connectivity index (χ0) is 17.4. The topological polar surface area (TPSA) is 42.2 Å². The molecule has 0 saturated heterocycles. The molecule has 124 valence electrons. The summed E-state index contributed by atoms with van der Waals surface area (Å²) < 4.78 is 2.05. The zero-order valence-corrected chi connectivity index (χ0v) is 14.6. The highest BCUT2D eigenvalue weighted by Crippen LogP contribution is 2.33. The Labute approximate surface area is 147 Å². The van der Waals surface area contributed by atoms with Crippen LogP contribution >= 0.6 is 0 Å². The quantitative estimate of drug-likeness (QED) is 0.571. The number of anilines is 2. The first-order chi connectivity index (χ1) is 12.1. The minimum absolute atomic E-state index is 0.826. The highest BCUT2D eigenvalue weighted by atomic mass is 15.1. The van der Waals surface area contributed by atoms with Crippen LogP contribution in [0.25, 0.3) is 16.9 Å². The Morgan fingerprint density at radius 2 is 1.64 bits per heavy atom. The van der Waals surface area contributed by atoms with Crippen molar-refractivity contribution in [2.24, 2.45) is 0 Å². The van der Waals surface area contributed by atoms with E-state index in [0.29, 0.717) is 0 Å². The summed E-state index contributed by atoms with van der Waals surface area (Å²) in [7, 11) is 0. The second kappa shape index (κ2) is 6.06. The average molecular weight is 328 g/mol. The molecular weight excluding hydrogens is 308 g/mol. The molecule has 4 nitrogen and oxygen atoms in total. The van der Waals surface area contributed by atoms with Gasteiger partial charge < -0.3 is 5.32 Å². The lowest BCUT2D eigenvalue weighted by Crippen LogP contribution is -2.00. The summed E-state index contributed by atoms with van der Waals surface area (Å²) in [6.07, 6.45) is 5.51. The third kappa shape index (κ3) is 2.76. The molecule has 4 heteroatoms. The van der Waals surface area contributed by atoms with Crippen LogP contribution in [0.2, 0.25) is 0 Å². The van der Waals surface area contributed by atoms with Gasteiger partial charge >= 0.3 is 0 Å². The third-order valence-corrected chi connectivity index (χ3v) is 4.48. The summed E-state index contributed by atoms with van der Waals surface area (Å²) in [4.78, 5) is 9.01. The van der Waals surface area contributed by atoms with Crippen molar-refractivity contribution in [3.8, 4) is 11.3 Å². The number of aryl methyl sites for hydroxylation is 3. The SMILES string of the molecule is Cc1ccc(-c2nc3cnccn3c2Nc2c(C)cccc2C)cc1. The van der Waals surface area contributed by atoms with Crippen LogP contribution in [0, 0.1) is 20.8 Å². The van der Waals surface area contributed by atoms with E-state index in [1.807, 2.05) is 10.6 Å². The van der Waals surface area contributed by atoms with Crippen LogP contribution < -0.4 is 5.32 Å². The maximum atomic E-state index is 4.81. The first-order valence-corrected chi connectivity index (χ1v) is 8.36. The number of fused-ring (bicyclic) bond motifs is 1. The van der Waals surface area contributed by atoms with Crippen molar-refractivity contribution in [1.29, 1.82) is 0 Å². The molecule has 0 aliphatic heterocycles. The molecule has 0 radical (unpaired) electrons. The molecule has 0 fully saturated rings. The van der Waals surface area contributed by atoms with Gasteiger partial charge in [0.2, 0.25) is 0 Å². The number of para-hydroxylation sites is 1. The number of rotatable bonds is 3. The second-order valence-electron chi connectivity index (χ2n) is 6.37. The van der Waals surface area contributed by atoms with E-state index in [-0.39, 0.29) is 0 Å². The molecule has 0 unspecified atom stereocenters. The van der Waals surface area contributed by atoms with Gasteiger partial charge in [0.25, 0.3) is 0 Å². The Kier molecular flexibility index (Phi) is 3.73. The summed E-state index contributed by atoms with van der Waals surface area (Å²) in [5.41, 5.74) is 7.61. The molecule has 0 spiro atoms. The monoisotopic (exact) mass is 328 g/mol. The largest absolute Gasteiger partial charge is 0.339 e. The van der Waals surface area contributed by atoms with E-state index in [2.05, 4.69) is 73.5 Å².